The monoisotopic (exact) mass is 294 g/mol. The summed E-state index contributed by atoms with van der Waals surface area (Å²) in [5, 5.41) is 13.3. The van der Waals surface area contributed by atoms with Gasteiger partial charge in [-0.2, -0.15) is 0 Å². The molecule has 2 aliphatic rings. The molecular formula is C15H19ClN2O2. The standard InChI is InChI=1S/C15H19ClN2O2/c16-10-4-5-11(15(19)20)13(9-10)17-12-6-8-18-7-2-1-3-14(12)18/h4-5,9,12,14,17H,1-3,6-8H2,(H,19,20). The molecule has 2 unspecified atom stereocenters. The van der Waals surface area contributed by atoms with Crippen LogP contribution in [0.25, 0.3) is 0 Å². The maximum Gasteiger partial charge on any atom is 0.337 e. The first-order valence-electron chi connectivity index (χ1n) is 7.18. The lowest BCUT2D eigenvalue weighted by molar-refractivity contribution is 0.0698. The van der Waals surface area contributed by atoms with Crippen molar-refractivity contribution in [1.82, 2.24) is 4.90 Å². The molecule has 5 heteroatoms. The van der Waals surface area contributed by atoms with E-state index in [1.807, 2.05) is 0 Å². The number of anilines is 1. The van der Waals surface area contributed by atoms with Crippen LogP contribution >= 0.6 is 11.6 Å². The van der Waals surface area contributed by atoms with Crippen molar-refractivity contribution in [1.29, 1.82) is 0 Å². The van der Waals surface area contributed by atoms with Gasteiger partial charge in [0, 0.05) is 23.7 Å². The Balaban J connectivity index is 1.80. The van der Waals surface area contributed by atoms with Gasteiger partial charge < -0.3 is 10.4 Å². The quantitative estimate of drug-likeness (QED) is 0.899. The Bertz CT molecular complexity index is 521. The fourth-order valence-corrected chi connectivity index (χ4v) is 3.61. The first-order chi connectivity index (χ1) is 9.65. The third-order valence-corrected chi connectivity index (χ3v) is 4.64. The van der Waals surface area contributed by atoms with Crippen LogP contribution in [-0.2, 0) is 0 Å². The summed E-state index contributed by atoms with van der Waals surface area (Å²) in [4.78, 5) is 13.8. The molecule has 3 rings (SSSR count). The molecule has 0 aromatic heterocycles. The Morgan fingerprint density at radius 2 is 2.15 bits per heavy atom. The molecule has 2 N–H and O–H groups in total. The molecule has 0 amide bonds. The van der Waals surface area contributed by atoms with Gasteiger partial charge in [-0.05, 0) is 44.0 Å². The molecule has 0 saturated carbocycles. The van der Waals surface area contributed by atoms with Crippen molar-refractivity contribution in [3.8, 4) is 0 Å². The molecule has 108 valence electrons. The predicted molar refractivity (Wildman–Crippen MR) is 79.7 cm³/mol. The van der Waals surface area contributed by atoms with E-state index in [4.69, 9.17) is 11.6 Å². The highest BCUT2D eigenvalue weighted by Crippen LogP contribution is 2.31. The topological polar surface area (TPSA) is 52.6 Å². The van der Waals surface area contributed by atoms with Crippen LogP contribution in [0.1, 0.15) is 36.0 Å². The zero-order valence-electron chi connectivity index (χ0n) is 11.3. The minimum atomic E-state index is -0.914. The van der Waals surface area contributed by atoms with E-state index >= 15 is 0 Å². The Labute approximate surface area is 123 Å². The van der Waals surface area contributed by atoms with Crippen LogP contribution in [-0.4, -0.2) is 41.1 Å². The summed E-state index contributed by atoms with van der Waals surface area (Å²) in [5.41, 5.74) is 0.936. The molecule has 2 heterocycles. The number of aromatic carboxylic acids is 1. The van der Waals surface area contributed by atoms with Crippen molar-refractivity contribution in [2.45, 2.75) is 37.8 Å². The number of hydrogen-bond donors (Lipinski definition) is 2. The van der Waals surface area contributed by atoms with E-state index in [0.717, 1.165) is 13.0 Å². The fraction of sp³-hybridized carbons (Fsp3) is 0.533. The molecule has 2 saturated heterocycles. The number of nitrogens with one attached hydrogen (secondary N) is 1. The Morgan fingerprint density at radius 1 is 1.30 bits per heavy atom. The number of fused-ring (bicyclic) bond motifs is 1. The maximum atomic E-state index is 11.3. The van der Waals surface area contributed by atoms with Crippen molar-refractivity contribution in [2.24, 2.45) is 0 Å². The van der Waals surface area contributed by atoms with Crippen LogP contribution < -0.4 is 5.32 Å². The van der Waals surface area contributed by atoms with Crippen molar-refractivity contribution in [2.75, 3.05) is 18.4 Å². The summed E-state index contributed by atoms with van der Waals surface area (Å²) in [6.45, 7) is 2.27. The SMILES string of the molecule is O=C(O)c1ccc(Cl)cc1NC1CCN2CCCCC12. The number of nitrogens with zero attached hydrogens (tertiary/aromatic N) is 1. The van der Waals surface area contributed by atoms with E-state index in [-0.39, 0.29) is 0 Å². The van der Waals surface area contributed by atoms with Crippen LogP contribution in [0.4, 0.5) is 5.69 Å². The van der Waals surface area contributed by atoms with Crippen LogP contribution in [0.2, 0.25) is 5.02 Å². The number of halogens is 1. The number of rotatable bonds is 3. The lowest BCUT2D eigenvalue weighted by Gasteiger charge is -2.33. The fourth-order valence-electron chi connectivity index (χ4n) is 3.44. The van der Waals surface area contributed by atoms with Crippen molar-refractivity contribution in [3.63, 3.8) is 0 Å². The number of carboxylic acids is 1. The highest BCUT2D eigenvalue weighted by Gasteiger charge is 2.35. The average Bonchev–Trinajstić information content (AvgIpc) is 2.82. The molecule has 2 aliphatic heterocycles. The van der Waals surface area contributed by atoms with Gasteiger partial charge in [0.25, 0.3) is 0 Å². The first kappa shape index (κ1) is 13.7. The van der Waals surface area contributed by atoms with Crippen molar-refractivity contribution >= 4 is 23.3 Å². The molecule has 0 aliphatic carbocycles. The van der Waals surface area contributed by atoms with Gasteiger partial charge in [0.15, 0.2) is 0 Å². The van der Waals surface area contributed by atoms with E-state index in [0.29, 0.717) is 28.4 Å². The lowest BCUT2D eigenvalue weighted by Crippen LogP contribution is -2.41. The Hall–Kier alpha value is -1.26. The smallest absolute Gasteiger partial charge is 0.337 e. The van der Waals surface area contributed by atoms with Crippen LogP contribution in [0, 0.1) is 0 Å². The van der Waals surface area contributed by atoms with Gasteiger partial charge in [-0.15, -0.1) is 0 Å². The third kappa shape index (κ3) is 2.63. The van der Waals surface area contributed by atoms with Crippen molar-refractivity contribution < 1.29 is 9.90 Å². The molecule has 2 fully saturated rings. The molecule has 20 heavy (non-hydrogen) atoms. The van der Waals surface area contributed by atoms with Gasteiger partial charge in [-0.1, -0.05) is 18.0 Å². The van der Waals surface area contributed by atoms with E-state index in [2.05, 4.69) is 10.2 Å². The van der Waals surface area contributed by atoms with E-state index in [9.17, 15) is 9.90 Å². The van der Waals surface area contributed by atoms with Crippen LogP contribution in [0.5, 0.6) is 0 Å². The summed E-state index contributed by atoms with van der Waals surface area (Å²) in [6, 6.07) is 5.77. The third-order valence-electron chi connectivity index (χ3n) is 4.41. The van der Waals surface area contributed by atoms with Gasteiger partial charge in [-0.3, -0.25) is 4.90 Å². The van der Waals surface area contributed by atoms with E-state index in [1.54, 1.807) is 18.2 Å². The number of carbonyl (C=O) groups is 1. The number of piperidine rings is 1. The lowest BCUT2D eigenvalue weighted by atomic mass is 9.98. The molecule has 4 nitrogen and oxygen atoms in total. The van der Waals surface area contributed by atoms with Gasteiger partial charge in [0.1, 0.15) is 0 Å². The number of carboxylic acid groups (broad SMARTS) is 1. The second-order valence-electron chi connectivity index (χ2n) is 5.63. The minimum absolute atomic E-state index is 0.295. The normalized spacial score (nSPS) is 26.2. The number of hydrogen-bond acceptors (Lipinski definition) is 3. The predicted octanol–water partition coefficient (Wildman–Crippen LogP) is 3.08. The van der Waals surface area contributed by atoms with Crippen LogP contribution in [0.15, 0.2) is 18.2 Å². The van der Waals surface area contributed by atoms with Gasteiger partial charge in [0.05, 0.1) is 11.3 Å². The highest BCUT2D eigenvalue weighted by atomic mass is 35.5. The zero-order valence-corrected chi connectivity index (χ0v) is 12.1. The maximum absolute atomic E-state index is 11.3. The first-order valence-corrected chi connectivity index (χ1v) is 7.56. The molecule has 1 aromatic carbocycles. The largest absolute Gasteiger partial charge is 0.478 e. The Kier molecular flexibility index (Phi) is 3.85. The summed E-state index contributed by atoms with van der Waals surface area (Å²) in [7, 11) is 0. The molecule has 0 bridgehead atoms. The number of benzene rings is 1. The van der Waals surface area contributed by atoms with Crippen LogP contribution in [0.3, 0.4) is 0 Å². The summed E-state index contributed by atoms with van der Waals surface area (Å²) < 4.78 is 0. The van der Waals surface area contributed by atoms with Gasteiger partial charge >= 0.3 is 5.97 Å². The summed E-state index contributed by atoms with van der Waals surface area (Å²) >= 11 is 6.00. The molecule has 0 spiro atoms. The van der Waals surface area contributed by atoms with E-state index < -0.39 is 5.97 Å². The van der Waals surface area contributed by atoms with Gasteiger partial charge in [-0.25, -0.2) is 4.79 Å². The molecule has 2 atom stereocenters. The second kappa shape index (κ2) is 5.62. The molecule has 1 aromatic rings. The van der Waals surface area contributed by atoms with Crippen molar-refractivity contribution in [3.05, 3.63) is 28.8 Å². The zero-order chi connectivity index (χ0) is 14.1. The second-order valence-corrected chi connectivity index (χ2v) is 6.07. The molecule has 0 radical (unpaired) electrons. The molecular weight excluding hydrogens is 276 g/mol. The summed E-state index contributed by atoms with van der Waals surface area (Å²) in [6.07, 6.45) is 4.80. The summed E-state index contributed by atoms with van der Waals surface area (Å²) in [5.74, 6) is -0.914. The van der Waals surface area contributed by atoms with Gasteiger partial charge in [0.2, 0.25) is 0 Å². The average molecular weight is 295 g/mol. The minimum Gasteiger partial charge on any atom is -0.478 e. The van der Waals surface area contributed by atoms with E-state index in [1.165, 1.54) is 25.8 Å². The Morgan fingerprint density at radius 3 is 2.95 bits per heavy atom. The highest BCUT2D eigenvalue weighted by molar-refractivity contribution is 6.31.